The number of carboxylic acids is 3. The number of aliphatic hydroxyl groups excluding tert-OH is 8. The van der Waals surface area contributed by atoms with Gasteiger partial charge in [-0.15, -0.1) is 0 Å². The van der Waals surface area contributed by atoms with E-state index in [2.05, 4.69) is 20.9 Å². The molecule has 0 aliphatic carbocycles. The van der Waals surface area contributed by atoms with E-state index in [1.54, 1.807) is 0 Å². The summed E-state index contributed by atoms with van der Waals surface area (Å²) in [5.74, 6) is -7.10. The molecule has 404 valence electrons. The minimum absolute atomic E-state index is 0.332. The van der Waals surface area contributed by atoms with Gasteiger partial charge in [-0.2, -0.15) is 0 Å². The lowest BCUT2D eigenvalue weighted by molar-refractivity contribution is -0.286. The highest BCUT2D eigenvalue weighted by Gasteiger charge is 2.64. The largest absolute Gasteiger partial charge is 0.479 e. The molecule has 0 bridgehead atoms. The number of nitrogens with zero attached hydrogens (tertiary/aromatic N) is 1. The second-order valence-corrected chi connectivity index (χ2v) is 19.2. The second-order valence-electron chi connectivity index (χ2n) is 19.2. The van der Waals surface area contributed by atoms with Crippen LogP contribution in [0.15, 0.2) is 4.99 Å². The number of hydrogen-bond donors (Lipinski definition) is 15. The number of nitrogens with one attached hydrogen (secondary N) is 3. The van der Waals surface area contributed by atoms with Crippen molar-refractivity contribution in [2.45, 2.75) is 202 Å². The summed E-state index contributed by atoms with van der Waals surface area (Å²) in [7, 11) is 0. The molecule has 0 radical (unpaired) electrons. The Morgan fingerprint density at radius 2 is 1.14 bits per heavy atom. The maximum absolute atomic E-state index is 13.5. The van der Waals surface area contributed by atoms with Gasteiger partial charge in [0.15, 0.2) is 16.9 Å². The first-order valence-electron chi connectivity index (χ1n) is 22.6. The van der Waals surface area contributed by atoms with Crippen LogP contribution in [0.2, 0.25) is 0 Å². The van der Waals surface area contributed by atoms with Crippen molar-refractivity contribution in [2.75, 3.05) is 26.6 Å². The molecule has 2 fully saturated rings. The normalized spacial score (nSPS) is 28.3. The number of carboxylic acid groups (broad SMARTS) is 3. The minimum Gasteiger partial charge on any atom is -0.479 e. The third-order valence-corrected chi connectivity index (χ3v) is 12.4. The zero-order valence-electron chi connectivity index (χ0n) is 40.9. The van der Waals surface area contributed by atoms with E-state index in [-0.39, 0.29) is 6.73 Å². The quantitative estimate of drug-likeness (QED) is 0.0260. The van der Waals surface area contributed by atoms with Gasteiger partial charge in [-0.05, 0) is 41.5 Å². The molecule has 70 heavy (non-hydrogen) atoms. The minimum atomic E-state index is -2.61. The lowest BCUT2D eigenvalue weighted by atomic mass is 9.74. The topological polar surface area (TPSA) is 446 Å². The first-order valence-corrected chi connectivity index (χ1v) is 22.6. The van der Waals surface area contributed by atoms with Gasteiger partial charge in [0.1, 0.15) is 16.9 Å². The Morgan fingerprint density at radius 3 is 1.51 bits per heavy atom. The van der Waals surface area contributed by atoms with Crippen LogP contribution in [0.4, 0.5) is 0 Å². The maximum Gasteiger partial charge on any atom is 0.349 e. The highest BCUT2D eigenvalue weighted by Crippen LogP contribution is 2.45. The fraction of sp³-hybridized carbons (Fsp3) is 0.837. The van der Waals surface area contributed by atoms with Crippen LogP contribution in [0.25, 0.3) is 0 Å². The van der Waals surface area contributed by atoms with Gasteiger partial charge in [0.25, 0.3) is 0 Å². The van der Waals surface area contributed by atoms with Crippen LogP contribution in [0.5, 0.6) is 0 Å². The third-order valence-electron chi connectivity index (χ3n) is 12.4. The second kappa shape index (κ2) is 25.5. The van der Waals surface area contributed by atoms with Crippen LogP contribution in [0.1, 0.15) is 101 Å². The van der Waals surface area contributed by atoms with E-state index < -0.39 is 201 Å². The number of carbonyl (C=O) groups excluding carboxylic acids is 3. The van der Waals surface area contributed by atoms with E-state index in [0.29, 0.717) is 0 Å². The average molecular weight is 1010 g/mol. The molecule has 27 heteroatoms. The van der Waals surface area contributed by atoms with E-state index in [0.717, 1.165) is 20.8 Å². The summed E-state index contributed by atoms with van der Waals surface area (Å²) in [5, 5.41) is 125. The predicted octanol–water partition coefficient (Wildman–Crippen LogP) is -4.41. The molecule has 2 heterocycles. The Kier molecular flexibility index (Phi) is 22.6. The van der Waals surface area contributed by atoms with E-state index in [9.17, 15) is 84.9 Å². The van der Waals surface area contributed by atoms with Crippen LogP contribution >= 0.6 is 0 Å². The molecule has 0 saturated carbocycles. The number of nitrogens with two attached hydrogens (primary N) is 1. The van der Waals surface area contributed by atoms with E-state index >= 15 is 0 Å². The Labute approximate surface area is 404 Å². The number of carbonyl (C=O) groups is 6. The SMILES string of the molecule is CC(=O)NC(C(O)CC(=NC(C)(C)OCN)C(=O)O)C(O)CC(CO)OC(C)(C)C1(C(=O)O)CC(O)C(NC(C)=O)C(CC(CO)OC(C)(C)C2(C(=O)O)CC(O)C(NC(C)=O)C(CC(O)CO)O2)O1. The van der Waals surface area contributed by atoms with Crippen molar-refractivity contribution in [3.05, 3.63) is 0 Å². The Balaban J connectivity index is 2.58. The molecule has 3 amide bonds. The first-order chi connectivity index (χ1) is 32.2. The summed E-state index contributed by atoms with van der Waals surface area (Å²) in [6.07, 6.45) is -18.6. The number of ether oxygens (including phenoxy) is 5. The maximum atomic E-state index is 13.5. The van der Waals surface area contributed by atoms with Gasteiger partial charge in [0.2, 0.25) is 17.7 Å². The Bertz CT molecular complexity index is 1840. The number of hydrogen-bond acceptors (Lipinski definition) is 21. The van der Waals surface area contributed by atoms with Crippen molar-refractivity contribution < 1.29 is 109 Å². The molecule has 0 aromatic rings. The van der Waals surface area contributed by atoms with E-state index in [1.807, 2.05) is 0 Å². The van der Waals surface area contributed by atoms with Crippen LogP contribution in [-0.4, -0.2) is 225 Å². The number of aliphatic carboxylic acids is 3. The molecule has 2 aliphatic heterocycles. The van der Waals surface area contributed by atoms with Crippen LogP contribution in [0.3, 0.4) is 0 Å². The first kappa shape index (κ1) is 62.0. The van der Waals surface area contributed by atoms with Crippen LogP contribution < -0.4 is 21.7 Å². The van der Waals surface area contributed by atoms with Gasteiger partial charge in [-0.1, -0.05) is 0 Å². The summed E-state index contributed by atoms with van der Waals surface area (Å²) in [4.78, 5) is 79.6. The monoisotopic (exact) mass is 1010 g/mol. The fourth-order valence-electron chi connectivity index (χ4n) is 9.01. The lowest BCUT2D eigenvalue weighted by Gasteiger charge is -2.53. The number of rotatable bonds is 28. The number of amides is 3. The molecule has 0 spiro atoms. The number of aliphatic imine (C=N–C) groups is 1. The highest BCUT2D eigenvalue weighted by molar-refractivity contribution is 6.35. The number of aliphatic hydroxyl groups is 8. The summed E-state index contributed by atoms with van der Waals surface area (Å²) in [6.45, 7) is 7.98. The zero-order valence-corrected chi connectivity index (χ0v) is 40.9. The van der Waals surface area contributed by atoms with E-state index in [4.69, 9.17) is 29.4 Å². The Hall–Kier alpha value is -4.07. The molecule has 2 saturated heterocycles. The summed E-state index contributed by atoms with van der Waals surface area (Å²) in [6, 6.07) is -4.32. The smallest absolute Gasteiger partial charge is 0.349 e. The van der Waals surface area contributed by atoms with Crippen molar-refractivity contribution in [1.29, 1.82) is 0 Å². The van der Waals surface area contributed by atoms with Gasteiger partial charge in [-0.3, -0.25) is 14.4 Å². The molecule has 2 aliphatic rings. The molecular formula is C43H75N5O22. The van der Waals surface area contributed by atoms with Crippen LogP contribution in [0, 0.1) is 0 Å². The molecule has 27 nitrogen and oxygen atoms in total. The van der Waals surface area contributed by atoms with Crippen molar-refractivity contribution in [3.63, 3.8) is 0 Å². The average Bonchev–Trinajstić information content (AvgIpc) is 3.22. The summed E-state index contributed by atoms with van der Waals surface area (Å²) >= 11 is 0. The van der Waals surface area contributed by atoms with Crippen molar-refractivity contribution >= 4 is 41.3 Å². The van der Waals surface area contributed by atoms with Gasteiger partial charge in [0.05, 0.1) is 99.6 Å². The molecule has 16 N–H and O–H groups in total. The molecular weight excluding hydrogens is 938 g/mol. The molecule has 14 atom stereocenters. The fourth-order valence-corrected chi connectivity index (χ4v) is 9.01. The van der Waals surface area contributed by atoms with Crippen LogP contribution in [-0.2, 0) is 52.5 Å². The molecule has 0 aromatic heterocycles. The zero-order chi connectivity index (χ0) is 53.9. The van der Waals surface area contributed by atoms with Gasteiger partial charge >= 0.3 is 17.9 Å². The standard InChI is InChI=1S/C43H75N5O22/c1-20(52)45-33(28(57)13-26(36(60)61)48-41(8,9)66-19-44)27(56)11-24(17-50)67-39(4,5)43(38(64)65)15-30(59)35(47-22(3)54)32(70-43)12-25(18-51)68-40(6,7)42(37(62)63)14-29(58)34(46-21(2)53)31(69-42)10-23(55)16-49/h23-25,27-35,49-51,55-59H,10-19,44H2,1-9H3,(H,45,52)(H,46,53)(H,47,54)(H,60,61)(H,62,63)(H,64,65). The third kappa shape index (κ3) is 15.7. The van der Waals surface area contributed by atoms with Crippen molar-refractivity contribution in [1.82, 2.24) is 16.0 Å². The molecule has 0 aromatic carbocycles. The Morgan fingerprint density at radius 1 is 0.700 bits per heavy atom. The van der Waals surface area contributed by atoms with Gasteiger partial charge in [0, 0.05) is 59.3 Å². The van der Waals surface area contributed by atoms with Crippen molar-refractivity contribution in [3.8, 4) is 0 Å². The van der Waals surface area contributed by atoms with Gasteiger partial charge in [-0.25, -0.2) is 19.4 Å². The van der Waals surface area contributed by atoms with Gasteiger partial charge < -0.3 is 102 Å². The highest BCUT2D eigenvalue weighted by atomic mass is 16.6. The molecule has 2 rings (SSSR count). The van der Waals surface area contributed by atoms with E-state index in [1.165, 1.54) is 41.5 Å². The summed E-state index contributed by atoms with van der Waals surface area (Å²) < 4.78 is 30.0. The summed E-state index contributed by atoms with van der Waals surface area (Å²) in [5.41, 5.74) is -5.96. The van der Waals surface area contributed by atoms with Crippen molar-refractivity contribution in [2.24, 2.45) is 10.7 Å². The lowest BCUT2D eigenvalue weighted by Crippen LogP contribution is -2.71. The predicted molar refractivity (Wildman–Crippen MR) is 239 cm³/mol. The molecule has 14 unspecified atom stereocenters.